The largest absolute Gasteiger partial charge is 0.368 e. The SMILES string of the molecule is c1cnc2nc(Nc3ccc(CCNc4ncnc5ccsc45)cc3)[nH]c2c1. The van der Waals surface area contributed by atoms with Gasteiger partial charge < -0.3 is 15.6 Å². The van der Waals surface area contributed by atoms with Crippen molar-refractivity contribution in [2.75, 3.05) is 17.2 Å². The van der Waals surface area contributed by atoms with Gasteiger partial charge in [0.1, 0.15) is 12.1 Å². The molecule has 0 aliphatic heterocycles. The molecule has 0 saturated heterocycles. The van der Waals surface area contributed by atoms with Crippen molar-refractivity contribution in [1.29, 1.82) is 0 Å². The molecule has 3 N–H and O–H groups in total. The van der Waals surface area contributed by atoms with E-state index in [2.05, 4.69) is 59.8 Å². The van der Waals surface area contributed by atoms with Crippen molar-refractivity contribution >= 4 is 50.2 Å². The molecule has 0 atom stereocenters. The number of imidazole rings is 1. The minimum atomic E-state index is 0.687. The van der Waals surface area contributed by atoms with E-state index in [1.54, 1.807) is 23.9 Å². The predicted molar refractivity (Wildman–Crippen MR) is 113 cm³/mol. The molecular weight excluding hydrogens is 370 g/mol. The van der Waals surface area contributed by atoms with Gasteiger partial charge in [-0.15, -0.1) is 11.3 Å². The van der Waals surface area contributed by atoms with E-state index in [-0.39, 0.29) is 0 Å². The lowest BCUT2D eigenvalue weighted by Crippen LogP contribution is -2.06. The van der Waals surface area contributed by atoms with Crippen LogP contribution in [0.4, 0.5) is 17.5 Å². The third kappa shape index (κ3) is 3.37. The van der Waals surface area contributed by atoms with E-state index in [1.807, 2.05) is 23.6 Å². The second-order valence-corrected chi connectivity index (χ2v) is 7.23. The van der Waals surface area contributed by atoms with Crippen molar-refractivity contribution in [3.8, 4) is 0 Å². The highest BCUT2D eigenvalue weighted by molar-refractivity contribution is 7.17. The summed E-state index contributed by atoms with van der Waals surface area (Å²) in [5, 5.41) is 8.73. The Balaban J connectivity index is 1.21. The molecule has 0 radical (unpaired) electrons. The molecule has 0 bridgehead atoms. The molecule has 5 aromatic rings. The molecule has 0 spiro atoms. The zero-order valence-electron chi connectivity index (χ0n) is 14.9. The molecule has 4 heterocycles. The van der Waals surface area contributed by atoms with Gasteiger partial charge in [0, 0.05) is 18.4 Å². The number of fused-ring (bicyclic) bond motifs is 2. The van der Waals surface area contributed by atoms with Crippen molar-refractivity contribution in [1.82, 2.24) is 24.9 Å². The van der Waals surface area contributed by atoms with Crippen LogP contribution < -0.4 is 10.6 Å². The minimum Gasteiger partial charge on any atom is -0.368 e. The van der Waals surface area contributed by atoms with Crippen LogP contribution in [0.3, 0.4) is 0 Å². The van der Waals surface area contributed by atoms with Crippen LogP contribution in [-0.4, -0.2) is 31.5 Å². The summed E-state index contributed by atoms with van der Waals surface area (Å²) >= 11 is 1.66. The van der Waals surface area contributed by atoms with E-state index < -0.39 is 0 Å². The summed E-state index contributed by atoms with van der Waals surface area (Å²) in [6, 6.07) is 14.2. The lowest BCUT2D eigenvalue weighted by Gasteiger charge is -2.07. The first-order valence-corrected chi connectivity index (χ1v) is 9.82. The Bertz CT molecular complexity index is 1190. The summed E-state index contributed by atoms with van der Waals surface area (Å²) in [5.74, 6) is 1.59. The Kier molecular flexibility index (Phi) is 4.30. The van der Waals surface area contributed by atoms with Gasteiger partial charge in [0.05, 0.1) is 15.7 Å². The molecule has 138 valence electrons. The molecule has 0 saturated carbocycles. The number of anilines is 3. The monoisotopic (exact) mass is 387 g/mol. The van der Waals surface area contributed by atoms with Crippen LogP contribution in [0.2, 0.25) is 0 Å². The molecule has 4 aromatic heterocycles. The molecule has 7 nitrogen and oxygen atoms in total. The number of pyridine rings is 1. The van der Waals surface area contributed by atoms with Gasteiger partial charge in [-0.3, -0.25) is 0 Å². The number of thiophene rings is 1. The van der Waals surface area contributed by atoms with E-state index in [0.717, 1.165) is 40.2 Å². The average molecular weight is 387 g/mol. The molecule has 0 fully saturated rings. The number of nitrogens with one attached hydrogen (secondary N) is 3. The van der Waals surface area contributed by atoms with Gasteiger partial charge in [0.25, 0.3) is 0 Å². The van der Waals surface area contributed by atoms with Crippen molar-refractivity contribution in [3.63, 3.8) is 0 Å². The summed E-state index contributed by atoms with van der Waals surface area (Å²) in [4.78, 5) is 20.5. The minimum absolute atomic E-state index is 0.687. The van der Waals surface area contributed by atoms with Gasteiger partial charge in [0.15, 0.2) is 5.65 Å². The molecule has 8 heteroatoms. The third-order valence-corrected chi connectivity index (χ3v) is 5.33. The van der Waals surface area contributed by atoms with Crippen LogP contribution in [0.1, 0.15) is 5.56 Å². The lowest BCUT2D eigenvalue weighted by molar-refractivity contribution is 1.01. The van der Waals surface area contributed by atoms with Crippen molar-refractivity contribution < 1.29 is 0 Å². The Morgan fingerprint density at radius 1 is 1.00 bits per heavy atom. The molecule has 5 rings (SSSR count). The van der Waals surface area contributed by atoms with Crippen LogP contribution in [0.15, 0.2) is 60.4 Å². The highest BCUT2D eigenvalue weighted by atomic mass is 32.1. The van der Waals surface area contributed by atoms with Gasteiger partial charge in [-0.05, 0) is 47.7 Å². The zero-order valence-corrected chi connectivity index (χ0v) is 15.7. The first kappa shape index (κ1) is 16.6. The van der Waals surface area contributed by atoms with Crippen LogP contribution in [-0.2, 0) is 6.42 Å². The molecule has 1 aromatic carbocycles. The van der Waals surface area contributed by atoms with E-state index in [0.29, 0.717) is 11.6 Å². The van der Waals surface area contributed by atoms with Gasteiger partial charge in [-0.1, -0.05) is 12.1 Å². The van der Waals surface area contributed by atoms with Crippen molar-refractivity contribution in [2.24, 2.45) is 0 Å². The van der Waals surface area contributed by atoms with Gasteiger partial charge in [0.2, 0.25) is 5.95 Å². The number of hydrogen-bond acceptors (Lipinski definition) is 7. The standard InChI is InChI=1S/C20H17N7S/c1-2-16-18(21-9-1)27-20(26-16)25-14-5-3-13(4-6-14)7-10-22-19-17-15(8-11-28-17)23-12-24-19/h1-6,8-9,11-12H,7,10H2,(H,22,23,24)(H2,21,25,26,27). The van der Waals surface area contributed by atoms with Crippen LogP contribution in [0.25, 0.3) is 21.4 Å². The Hall–Kier alpha value is -3.52. The maximum absolute atomic E-state index is 4.44. The number of H-pyrrole nitrogens is 1. The molecule has 28 heavy (non-hydrogen) atoms. The van der Waals surface area contributed by atoms with Crippen LogP contribution in [0, 0.1) is 0 Å². The van der Waals surface area contributed by atoms with Crippen LogP contribution in [0.5, 0.6) is 0 Å². The number of aromatic nitrogens is 5. The molecular formula is C20H17N7S. The second-order valence-electron chi connectivity index (χ2n) is 6.32. The van der Waals surface area contributed by atoms with E-state index in [4.69, 9.17) is 0 Å². The van der Waals surface area contributed by atoms with Gasteiger partial charge in [-0.25, -0.2) is 15.0 Å². The number of benzene rings is 1. The molecule has 0 aliphatic carbocycles. The first-order chi connectivity index (χ1) is 13.8. The fourth-order valence-electron chi connectivity index (χ4n) is 3.04. The third-order valence-electron chi connectivity index (χ3n) is 4.42. The van der Waals surface area contributed by atoms with E-state index >= 15 is 0 Å². The smallest absolute Gasteiger partial charge is 0.207 e. The summed E-state index contributed by atoms with van der Waals surface area (Å²) < 4.78 is 1.10. The molecule has 0 aliphatic rings. The maximum atomic E-state index is 4.44. The Labute approximate surface area is 164 Å². The van der Waals surface area contributed by atoms with Gasteiger partial charge in [-0.2, -0.15) is 4.98 Å². The van der Waals surface area contributed by atoms with Crippen molar-refractivity contribution in [3.05, 3.63) is 65.9 Å². The average Bonchev–Trinajstić information content (AvgIpc) is 3.36. The number of hydrogen-bond donors (Lipinski definition) is 3. The zero-order chi connectivity index (χ0) is 18.8. The van der Waals surface area contributed by atoms with Crippen LogP contribution >= 0.6 is 11.3 Å². The number of aromatic amines is 1. The predicted octanol–water partition coefficient (Wildman–Crippen LogP) is 4.36. The first-order valence-electron chi connectivity index (χ1n) is 8.94. The number of rotatable bonds is 6. The summed E-state index contributed by atoms with van der Waals surface area (Å²) in [6.07, 6.45) is 4.25. The number of nitrogens with zero attached hydrogens (tertiary/aromatic N) is 4. The normalized spacial score (nSPS) is 11.1. The highest BCUT2D eigenvalue weighted by Gasteiger charge is 2.05. The van der Waals surface area contributed by atoms with E-state index in [9.17, 15) is 0 Å². The summed E-state index contributed by atoms with van der Waals surface area (Å²) in [7, 11) is 0. The summed E-state index contributed by atoms with van der Waals surface area (Å²) in [5.41, 5.74) is 4.83. The molecule has 0 unspecified atom stereocenters. The quantitative estimate of drug-likeness (QED) is 0.401. The highest BCUT2D eigenvalue weighted by Crippen LogP contribution is 2.24. The fourth-order valence-corrected chi connectivity index (χ4v) is 3.85. The van der Waals surface area contributed by atoms with Crippen molar-refractivity contribution in [2.45, 2.75) is 6.42 Å². The topological polar surface area (TPSA) is 91.4 Å². The second kappa shape index (κ2) is 7.24. The van der Waals surface area contributed by atoms with Gasteiger partial charge >= 0.3 is 0 Å². The maximum Gasteiger partial charge on any atom is 0.207 e. The Morgan fingerprint density at radius 3 is 2.82 bits per heavy atom. The lowest BCUT2D eigenvalue weighted by atomic mass is 10.1. The van der Waals surface area contributed by atoms with E-state index in [1.165, 1.54) is 5.56 Å². The molecule has 0 amide bonds. The Morgan fingerprint density at radius 2 is 1.93 bits per heavy atom. The fraction of sp³-hybridized carbons (Fsp3) is 0.100. The summed E-state index contributed by atoms with van der Waals surface area (Å²) in [6.45, 7) is 0.812.